The van der Waals surface area contributed by atoms with Gasteiger partial charge in [-0.2, -0.15) is 13.2 Å². The number of thiocarbonyl (C=S) groups is 1. The molecule has 0 bridgehead atoms. The molecule has 1 saturated carbocycles. The molecule has 2 rings (SSSR count). The second-order valence-corrected chi connectivity index (χ2v) is 5.44. The van der Waals surface area contributed by atoms with Crippen molar-refractivity contribution in [1.82, 2.24) is 0 Å². The summed E-state index contributed by atoms with van der Waals surface area (Å²) in [5.41, 5.74) is 3.54. The van der Waals surface area contributed by atoms with Crippen molar-refractivity contribution in [2.75, 3.05) is 5.32 Å². The van der Waals surface area contributed by atoms with Gasteiger partial charge >= 0.3 is 6.18 Å². The van der Waals surface area contributed by atoms with Crippen molar-refractivity contribution in [3.05, 3.63) is 28.8 Å². The molecule has 3 nitrogen and oxygen atoms in total. The van der Waals surface area contributed by atoms with Gasteiger partial charge in [0.1, 0.15) is 0 Å². The van der Waals surface area contributed by atoms with E-state index in [4.69, 9.17) is 29.6 Å². The van der Waals surface area contributed by atoms with Gasteiger partial charge in [-0.3, -0.25) is 4.79 Å². The molecule has 0 atom stereocenters. The Morgan fingerprint density at radius 1 is 1.40 bits per heavy atom. The van der Waals surface area contributed by atoms with E-state index < -0.39 is 23.1 Å². The lowest BCUT2D eigenvalue weighted by molar-refractivity contribution is -0.137. The lowest BCUT2D eigenvalue weighted by Crippen LogP contribution is -2.35. The molecule has 1 aliphatic rings. The number of hydrogen-bond acceptors (Lipinski definition) is 2. The minimum atomic E-state index is -4.51. The molecule has 108 valence electrons. The van der Waals surface area contributed by atoms with E-state index in [9.17, 15) is 18.0 Å². The Balaban J connectivity index is 2.26. The molecule has 0 saturated heterocycles. The van der Waals surface area contributed by atoms with Gasteiger partial charge in [0, 0.05) is 0 Å². The third-order valence-electron chi connectivity index (χ3n) is 3.20. The van der Waals surface area contributed by atoms with Crippen LogP contribution in [0, 0.1) is 5.41 Å². The molecule has 20 heavy (non-hydrogen) atoms. The van der Waals surface area contributed by atoms with Crippen molar-refractivity contribution in [2.45, 2.75) is 19.0 Å². The summed E-state index contributed by atoms with van der Waals surface area (Å²) in [7, 11) is 0. The number of rotatable bonds is 3. The molecular formula is C12H10ClF3N2OS. The van der Waals surface area contributed by atoms with Crippen molar-refractivity contribution in [3.63, 3.8) is 0 Å². The fourth-order valence-corrected chi connectivity index (χ4v) is 2.21. The number of carbonyl (C=O) groups is 1. The predicted octanol–water partition coefficient (Wildman–Crippen LogP) is 3.36. The second kappa shape index (κ2) is 4.89. The Labute approximate surface area is 123 Å². The zero-order chi connectivity index (χ0) is 15.1. The van der Waals surface area contributed by atoms with Gasteiger partial charge < -0.3 is 11.1 Å². The lowest BCUT2D eigenvalue weighted by atomic mass is 10.1. The van der Waals surface area contributed by atoms with Crippen LogP contribution in [0.25, 0.3) is 0 Å². The highest BCUT2D eigenvalue weighted by Gasteiger charge is 2.52. The zero-order valence-electron chi connectivity index (χ0n) is 10.1. The average Bonchev–Trinajstić information content (AvgIpc) is 3.11. The minimum absolute atomic E-state index is 0.0186. The van der Waals surface area contributed by atoms with Gasteiger partial charge in [-0.25, -0.2) is 0 Å². The van der Waals surface area contributed by atoms with Gasteiger partial charge in [-0.05, 0) is 31.0 Å². The summed E-state index contributed by atoms with van der Waals surface area (Å²) in [6, 6.07) is 2.72. The maximum absolute atomic E-state index is 12.6. The second-order valence-electron chi connectivity index (χ2n) is 4.59. The number of nitrogens with two attached hydrogens (primary N) is 1. The van der Waals surface area contributed by atoms with E-state index in [-0.39, 0.29) is 15.7 Å². The first-order chi connectivity index (χ1) is 9.17. The smallest absolute Gasteiger partial charge is 0.392 e. The summed E-state index contributed by atoms with van der Waals surface area (Å²) in [4.78, 5) is 12.1. The molecule has 0 heterocycles. The summed E-state index contributed by atoms with van der Waals surface area (Å²) < 4.78 is 37.8. The van der Waals surface area contributed by atoms with E-state index in [1.807, 2.05) is 0 Å². The highest BCUT2D eigenvalue weighted by Crippen LogP contribution is 2.47. The Morgan fingerprint density at radius 3 is 2.45 bits per heavy atom. The van der Waals surface area contributed by atoms with Crippen LogP contribution in [-0.2, 0) is 11.0 Å². The summed E-state index contributed by atoms with van der Waals surface area (Å²) in [6.07, 6.45) is -3.53. The molecule has 0 radical (unpaired) electrons. The molecule has 0 unspecified atom stereocenters. The highest BCUT2D eigenvalue weighted by atomic mass is 35.5. The molecule has 0 aromatic heterocycles. The van der Waals surface area contributed by atoms with E-state index in [1.54, 1.807) is 0 Å². The molecule has 1 fully saturated rings. The lowest BCUT2D eigenvalue weighted by Gasteiger charge is -2.16. The summed E-state index contributed by atoms with van der Waals surface area (Å²) in [5.74, 6) is -0.522. The maximum atomic E-state index is 12.6. The van der Waals surface area contributed by atoms with Crippen LogP contribution >= 0.6 is 23.8 Å². The molecular weight excluding hydrogens is 313 g/mol. The molecule has 1 aromatic carbocycles. The van der Waals surface area contributed by atoms with E-state index >= 15 is 0 Å². The normalized spacial score (nSPS) is 16.6. The third-order valence-corrected chi connectivity index (χ3v) is 3.92. The molecule has 8 heteroatoms. The number of nitrogens with one attached hydrogen (secondary N) is 1. The number of amides is 1. The quantitative estimate of drug-likeness (QED) is 0.839. The van der Waals surface area contributed by atoms with Crippen molar-refractivity contribution >= 4 is 40.4 Å². The largest absolute Gasteiger partial charge is 0.416 e. The first kappa shape index (κ1) is 15.1. The Morgan fingerprint density at radius 2 is 2.00 bits per heavy atom. The maximum Gasteiger partial charge on any atom is 0.416 e. The number of alkyl halides is 3. The summed E-state index contributed by atoms with van der Waals surface area (Å²) >= 11 is 10.6. The predicted molar refractivity (Wildman–Crippen MR) is 73.5 cm³/mol. The SMILES string of the molecule is NC(=S)C1(C(=O)Nc2cc(C(F)(F)F)ccc2Cl)CC1. The molecule has 1 aliphatic carbocycles. The van der Waals surface area contributed by atoms with E-state index in [2.05, 4.69) is 5.32 Å². The van der Waals surface area contributed by atoms with Gasteiger partial charge in [0.05, 0.1) is 26.7 Å². The Hall–Kier alpha value is -1.34. The third kappa shape index (κ3) is 2.73. The fourth-order valence-electron chi connectivity index (χ4n) is 1.75. The standard InChI is InChI=1S/C12H10ClF3N2OS/c13-7-2-1-6(12(14,15)16)5-8(7)18-10(19)11(3-4-11)9(17)20/h1-2,5H,3-4H2,(H2,17,20)(H,18,19). The highest BCUT2D eigenvalue weighted by molar-refractivity contribution is 7.80. The molecule has 0 aliphatic heterocycles. The molecule has 1 amide bonds. The van der Waals surface area contributed by atoms with Gasteiger partial charge in [-0.15, -0.1) is 0 Å². The monoisotopic (exact) mass is 322 g/mol. The average molecular weight is 323 g/mol. The number of carbonyl (C=O) groups excluding carboxylic acids is 1. The molecule has 0 spiro atoms. The van der Waals surface area contributed by atoms with Crippen molar-refractivity contribution in [3.8, 4) is 0 Å². The molecule has 3 N–H and O–H groups in total. The van der Waals surface area contributed by atoms with E-state index in [0.717, 1.165) is 18.2 Å². The van der Waals surface area contributed by atoms with Crippen LogP contribution in [0.4, 0.5) is 18.9 Å². The first-order valence-electron chi connectivity index (χ1n) is 5.65. The Kier molecular flexibility index (Phi) is 3.68. The van der Waals surface area contributed by atoms with Gasteiger partial charge in [0.2, 0.25) is 5.91 Å². The van der Waals surface area contributed by atoms with Crippen LogP contribution in [0.3, 0.4) is 0 Å². The van der Waals surface area contributed by atoms with Crippen LogP contribution in [0.5, 0.6) is 0 Å². The van der Waals surface area contributed by atoms with Crippen LogP contribution in [0.1, 0.15) is 18.4 Å². The summed E-state index contributed by atoms with van der Waals surface area (Å²) in [6.45, 7) is 0. The molecule has 1 aromatic rings. The van der Waals surface area contributed by atoms with Gasteiger partial charge in [0.15, 0.2) is 0 Å². The Bertz CT molecular complexity index is 585. The van der Waals surface area contributed by atoms with Crippen molar-refractivity contribution in [2.24, 2.45) is 11.1 Å². The van der Waals surface area contributed by atoms with E-state index in [1.165, 1.54) is 0 Å². The first-order valence-corrected chi connectivity index (χ1v) is 6.43. The fraction of sp³-hybridized carbons (Fsp3) is 0.333. The van der Waals surface area contributed by atoms with Gasteiger partial charge in [0.25, 0.3) is 0 Å². The number of hydrogen-bond donors (Lipinski definition) is 2. The minimum Gasteiger partial charge on any atom is -0.392 e. The van der Waals surface area contributed by atoms with Crippen molar-refractivity contribution < 1.29 is 18.0 Å². The van der Waals surface area contributed by atoms with Gasteiger partial charge in [-0.1, -0.05) is 23.8 Å². The topological polar surface area (TPSA) is 55.1 Å². The summed E-state index contributed by atoms with van der Waals surface area (Å²) in [5, 5.41) is 2.39. The van der Waals surface area contributed by atoms with Crippen molar-refractivity contribution in [1.29, 1.82) is 0 Å². The van der Waals surface area contributed by atoms with Crippen LogP contribution in [0.15, 0.2) is 18.2 Å². The van der Waals surface area contributed by atoms with Crippen LogP contribution < -0.4 is 11.1 Å². The number of anilines is 1. The van der Waals surface area contributed by atoms with Crippen LogP contribution in [-0.4, -0.2) is 10.9 Å². The number of benzene rings is 1. The van der Waals surface area contributed by atoms with Crippen LogP contribution in [0.2, 0.25) is 5.02 Å². The zero-order valence-corrected chi connectivity index (χ0v) is 11.6. The number of halogens is 4. The van der Waals surface area contributed by atoms with E-state index in [0.29, 0.717) is 12.8 Å².